The first kappa shape index (κ1) is 18.5. The van der Waals surface area contributed by atoms with Crippen LogP contribution in [-0.4, -0.2) is 52.9 Å². The van der Waals surface area contributed by atoms with Crippen molar-refractivity contribution in [3.63, 3.8) is 0 Å². The summed E-state index contributed by atoms with van der Waals surface area (Å²) in [6.45, 7) is 3.15. The fourth-order valence-electron chi connectivity index (χ4n) is 3.30. The van der Waals surface area contributed by atoms with Gasteiger partial charge in [0.2, 0.25) is 5.91 Å². The maximum atomic E-state index is 13.5. The van der Waals surface area contributed by atoms with E-state index in [1.807, 2.05) is 6.07 Å². The molecule has 1 aliphatic rings. The van der Waals surface area contributed by atoms with Crippen LogP contribution in [0.3, 0.4) is 0 Å². The molecular formula is C18H22ClFN4O2. The van der Waals surface area contributed by atoms with Crippen molar-refractivity contribution in [1.29, 1.82) is 0 Å². The number of rotatable bonds is 3. The highest BCUT2D eigenvalue weighted by molar-refractivity contribution is 6.31. The highest BCUT2D eigenvalue weighted by atomic mass is 35.5. The Balaban J connectivity index is 1.60. The molecule has 0 aliphatic carbocycles. The summed E-state index contributed by atoms with van der Waals surface area (Å²) in [5.74, 6) is -0.448. The number of carbonyl (C=O) groups excluding carboxylic acids is 2. The molecule has 1 saturated heterocycles. The van der Waals surface area contributed by atoms with Gasteiger partial charge < -0.3 is 20.1 Å². The zero-order valence-electron chi connectivity index (χ0n) is 14.8. The monoisotopic (exact) mass is 380 g/mol. The highest BCUT2D eigenvalue weighted by Gasteiger charge is 2.27. The van der Waals surface area contributed by atoms with Crippen LogP contribution in [0.25, 0.3) is 10.9 Å². The molecule has 0 bridgehead atoms. The summed E-state index contributed by atoms with van der Waals surface area (Å²) in [7, 11) is 1.74. The van der Waals surface area contributed by atoms with Gasteiger partial charge >= 0.3 is 6.03 Å². The minimum absolute atomic E-state index is 0.00302. The van der Waals surface area contributed by atoms with E-state index in [0.29, 0.717) is 18.6 Å². The van der Waals surface area contributed by atoms with Gasteiger partial charge in [-0.15, -0.1) is 0 Å². The first-order valence-electron chi connectivity index (χ1n) is 8.58. The van der Waals surface area contributed by atoms with Crippen molar-refractivity contribution in [3.05, 3.63) is 34.7 Å². The molecule has 26 heavy (non-hydrogen) atoms. The van der Waals surface area contributed by atoms with Gasteiger partial charge in [-0.05, 0) is 31.0 Å². The molecule has 1 aliphatic heterocycles. The first-order chi connectivity index (χ1) is 12.3. The molecule has 2 aromatic rings. The zero-order valence-corrected chi connectivity index (χ0v) is 15.6. The number of likely N-dealkylation sites (N-methyl/N-ethyl adjacent to an activating group) is 1. The van der Waals surface area contributed by atoms with Gasteiger partial charge in [-0.2, -0.15) is 0 Å². The van der Waals surface area contributed by atoms with Crippen LogP contribution in [0.1, 0.15) is 25.5 Å². The summed E-state index contributed by atoms with van der Waals surface area (Å²) in [5.41, 5.74) is 1.39. The molecule has 0 unspecified atom stereocenters. The molecule has 3 rings (SSSR count). The Morgan fingerprint density at radius 2 is 2.19 bits per heavy atom. The van der Waals surface area contributed by atoms with Crippen molar-refractivity contribution in [2.45, 2.75) is 32.4 Å². The standard InChI is InChI=1S/C18H22ClFN4O2/c1-11(25)24-5-3-4-14(10-24)23(2)18(26)21-9-13-6-12-7-15(19)16(20)8-17(12)22-13/h6-8,14,22H,3-5,9-10H2,1-2H3,(H,21,26)/t14-/m1/s1. The number of nitrogens with zero attached hydrogens (tertiary/aromatic N) is 2. The smallest absolute Gasteiger partial charge is 0.317 e. The predicted octanol–water partition coefficient (Wildman–Crippen LogP) is 3.11. The number of urea groups is 1. The van der Waals surface area contributed by atoms with Gasteiger partial charge in [-0.1, -0.05) is 11.6 Å². The number of H-pyrrole nitrogens is 1. The predicted molar refractivity (Wildman–Crippen MR) is 98.5 cm³/mol. The van der Waals surface area contributed by atoms with E-state index in [2.05, 4.69) is 10.3 Å². The molecule has 2 heterocycles. The van der Waals surface area contributed by atoms with E-state index in [0.717, 1.165) is 30.5 Å². The maximum absolute atomic E-state index is 13.5. The quantitative estimate of drug-likeness (QED) is 0.859. The summed E-state index contributed by atoms with van der Waals surface area (Å²) in [5, 5.41) is 3.71. The molecule has 3 amide bonds. The molecule has 1 atom stereocenters. The Bertz CT molecular complexity index is 799. The average molecular weight is 381 g/mol. The number of fused-ring (bicyclic) bond motifs is 1. The van der Waals surface area contributed by atoms with E-state index in [9.17, 15) is 14.0 Å². The maximum Gasteiger partial charge on any atom is 0.317 e. The average Bonchev–Trinajstić information content (AvgIpc) is 3.01. The van der Waals surface area contributed by atoms with Gasteiger partial charge in [-0.25, -0.2) is 9.18 Å². The Hall–Kier alpha value is -2.28. The van der Waals surface area contributed by atoms with Crippen LogP contribution in [0.15, 0.2) is 18.2 Å². The molecule has 8 heteroatoms. The van der Waals surface area contributed by atoms with Crippen molar-refractivity contribution in [3.8, 4) is 0 Å². The van der Waals surface area contributed by atoms with Crippen molar-refractivity contribution >= 4 is 34.4 Å². The van der Waals surface area contributed by atoms with Crippen LogP contribution < -0.4 is 5.32 Å². The fourth-order valence-corrected chi connectivity index (χ4v) is 3.47. The number of aromatic nitrogens is 1. The minimum Gasteiger partial charge on any atom is -0.357 e. The molecule has 1 aromatic carbocycles. The van der Waals surface area contributed by atoms with E-state index >= 15 is 0 Å². The number of piperidine rings is 1. The van der Waals surface area contributed by atoms with Crippen LogP contribution in [0, 0.1) is 5.82 Å². The summed E-state index contributed by atoms with van der Waals surface area (Å²) in [6, 6.07) is 4.52. The van der Waals surface area contributed by atoms with Crippen LogP contribution in [-0.2, 0) is 11.3 Å². The number of hydrogen-bond donors (Lipinski definition) is 2. The minimum atomic E-state index is -0.483. The molecule has 6 nitrogen and oxygen atoms in total. The van der Waals surface area contributed by atoms with Crippen molar-refractivity contribution in [2.75, 3.05) is 20.1 Å². The SMILES string of the molecule is CC(=O)N1CCC[C@@H](N(C)C(=O)NCc2cc3cc(Cl)c(F)cc3[nH]2)C1. The summed E-state index contributed by atoms with van der Waals surface area (Å²) in [4.78, 5) is 30.5. The van der Waals surface area contributed by atoms with E-state index in [1.54, 1.807) is 29.8 Å². The van der Waals surface area contributed by atoms with Crippen LogP contribution in [0.2, 0.25) is 5.02 Å². The van der Waals surface area contributed by atoms with E-state index in [4.69, 9.17) is 11.6 Å². The van der Waals surface area contributed by atoms with Crippen LogP contribution in [0.4, 0.5) is 9.18 Å². The van der Waals surface area contributed by atoms with Crippen molar-refractivity contribution < 1.29 is 14.0 Å². The Morgan fingerprint density at radius 3 is 2.92 bits per heavy atom. The lowest BCUT2D eigenvalue weighted by Crippen LogP contribution is -2.52. The van der Waals surface area contributed by atoms with Gasteiger partial charge in [0.15, 0.2) is 0 Å². The van der Waals surface area contributed by atoms with Crippen LogP contribution in [0.5, 0.6) is 0 Å². The van der Waals surface area contributed by atoms with Crippen molar-refractivity contribution in [1.82, 2.24) is 20.1 Å². The molecule has 0 spiro atoms. The number of hydrogen-bond acceptors (Lipinski definition) is 2. The largest absolute Gasteiger partial charge is 0.357 e. The Kier molecular flexibility index (Phi) is 5.36. The lowest BCUT2D eigenvalue weighted by atomic mass is 10.0. The summed E-state index contributed by atoms with van der Waals surface area (Å²) < 4.78 is 13.5. The Morgan fingerprint density at radius 1 is 1.42 bits per heavy atom. The van der Waals surface area contributed by atoms with E-state index in [1.165, 1.54) is 6.07 Å². The lowest BCUT2D eigenvalue weighted by molar-refractivity contribution is -0.130. The number of aromatic amines is 1. The normalized spacial score (nSPS) is 17.4. The Labute approximate surface area is 156 Å². The van der Waals surface area contributed by atoms with Gasteiger partial charge in [0, 0.05) is 43.7 Å². The molecule has 0 saturated carbocycles. The van der Waals surface area contributed by atoms with Gasteiger partial charge in [0.05, 0.1) is 17.6 Å². The molecule has 1 aromatic heterocycles. The zero-order chi connectivity index (χ0) is 18.8. The second-order valence-corrected chi connectivity index (χ2v) is 7.09. The summed E-state index contributed by atoms with van der Waals surface area (Å²) >= 11 is 5.79. The molecule has 140 valence electrons. The topological polar surface area (TPSA) is 68.4 Å². The molecule has 2 N–H and O–H groups in total. The third-order valence-electron chi connectivity index (χ3n) is 4.86. The highest BCUT2D eigenvalue weighted by Crippen LogP contribution is 2.23. The number of nitrogens with one attached hydrogen (secondary N) is 2. The molecule has 1 fully saturated rings. The van der Waals surface area contributed by atoms with Gasteiger partial charge in [-0.3, -0.25) is 4.79 Å². The number of amides is 3. The van der Waals surface area contributed by atoms with Gasteiger partial charge in [0.1, 0.15) is 5.82 Å². The number of halogens is 2. The van der Waals surface area contributed by atoms with Crippen LogP contribution >= 0.6 is 11.6 Å². The van der Waals surface area contributed by atoms with Crippen molar-refractivity contribution in [2.24, 2.45) is 0 Å². The fraction of sp³-hybridized carbons (Fsp3) is 0.444. The van der Waals surface area contributed by atoms with E-state index < -0.39 is 5.82 Å². The second kappa shape index (κ2) is 7.53. The first-order valence-corrected chi connectivity index (χ1v) is 8.95. The summed E-state index contributed by atoms with van der Waals surface area (Å²) in [6.07, 6.45) is 1.76. The van der Waals surface area contributed by atoms with E-state index in [-0.39, 0.29) is 23.0 Å². The molecular weight excluding hydrogens is 359 g/mol. The number of likely N-dealkylation sites (tertiary alicyclic amines) is 1. The number of carbonyl (C=O) groups is 2. The number of benzene rings is 1. The lowest BCUT2D eigenvalue weighted by Gasteiger charge is -2.37. The molecule has 0 radical (unpaired) electrons. The third-order valence-corrected chi connectivity index (χ3v) is 5.15. The third kappa shape index (κ3) is 3.93. The second-order valence-electron chi connectivity index (χ2n) is 6.68. The van der Waals surface area contributed by atoms with Gasteiger partial charge in [0.25, 0.3) is 0 Å².